The zero-order valence-electron chi connectivity index (χ0n) is 13.0. The Morgan fingerprint density at radius 3 is 2.55 bits per heavy atom. The van der Waals surface area contributed by atoms with Crippen molar-refractivity contribution >= 4 is 0 Å². The van der Waals surface area contributed by atoms with Crippen LogP contribution in [0.4, 0.5) is 0 Å². The first kappa shape index (κ1) is 15.5. The van der Waals surface area contributed by atoms with Crippen molar-refractivity contribution in [3.05, 3.63) is 35.9 Å². The minimum absolute atomic E-state index is 0.142. The van der Waals surface area contributed by atoms with Crippen LogP contribution in [0.5, 0.6) is 0 Å². The van der Waals surface area contributed by atoms with Crippen LogP contribution in [0.25, 0.3) is 0 Å². The van der Waals surface area contributed by atoms with Crippen molar-refractivity contribution in [2.45, 2.75) is 58.0 Å². The molecule has 0 spiro atoms. The normalized spacial score (nSPS) is 26.1. The lowest BCUT2D eigenvalue weighted by Gasteiger charge is -2.46. The SMILES string of the molecule is CCC(C(O)c1ccccc1)N1CC(C)OC(C)(C)C1. The quantitative estimate of drug-likeness (QED) is 0.918. The molecule has 1 aliphatic rings. The van der Waals surface area contributed by atoms with E-state index < -0.39 is 6.10 Å². The number of benzene rings is 1. The minimum atomic E-state index is -0.442. The first-order valence-corrected chi connectivity index (χ1v) is 7.58. The number of ether oxygens (including phenoxy) is 1. The summed E-state index contributed by atoms with van der Waals surface area (Å²) in [6.45, 7) is 10.2. The molecule has 112 valence electrons. The number of hydrogen-bond donors (Lipinski definition) is 1. The third-order valence-electron chi connectivity index (χ3n) is 3.99. The number of aliphatic hydroxyl groups excluding tert-OH is 1. The van der Waals surface area contributed by atoms with Gasteiger partial charge in [0, 0.05) is 19.1 Å². The van der Waals surface area contributed by atoms with Crippen LogP contribution in [0.2, 0.25) is 0 Å². The molecule has 3 nitrogen and oxygen atoms in total. The summed E-state index contributed by atoms with van der Waals surface area (Å²) in [6, 6.07) is 10.1. The maximum atomic E-state index is 10.7. The van der Waals surface area contributed by atoms with Crippen LogP contribution in [0, 0.1) is 0 Å². The van der Waals surface area contributed by atoms with Gasteiger partial charge in [0.25, 0.3) is 0 Å². The predicted octanol–water partition coefficient (Wildman–Crippen LogP) is 3.00. The molecule has 20 heavy (non-hydrogen) atoms. The van der Waals surface area contributed by atoms with Crippen molar-refractivity contribution in [2.24, 2.45) is 0 Å². The summed E-state index contributed by atoms with van der Waals surface area (Å²) in [5.74, 6) is 0. The van der Waals surface area contributed by atoms with Crippen molar-refractivity contribution in [3.63, 3.8) is 0 Å². The summed E-state index contributed by atoms with van der Waals surface area (Å²) in [6.07, 6.45) is 0.692. The standard InChI is InChI=1S/C17H27NO2/c1-5-15(16(19)14-9-7-6-8-10-14)18-11-13(2)20-17(3,4)12-18/h6-10,13,15-16,19H,5,11-12H2,1-4H3. The number of nitrogens with zero attached hydrogens (tertiary/aromatic N) is 1. The Morgan fingerprint density at radius 2 is 2.00 bits per heavy atom. The maximum Gasteiger partial charge on any atom is 0.0945 e. The van der Waals surface area contributed by atoms with E-state index >= 15 is 0 Å². The zero-order chi connectivity index (χ0) is 14.8. The number of rotatable bonds is 4. The summed E-state index contributed by atoms with van der Waals surface area (Å²) in [5, 5.41) is 10.7. The summed E-state index contributed by atoms with van der Waals surface area (Å²) in [5.41, 5.74) is 0.845. The lowest BCUT2D eigenvalue weighted by atomic mass is 9.95. The van der Waals surface area contributed by atoms with E-state index in [1.54, 1.807) is 0 Å². The van der Waals surface area contributed by atoms with Crippen molar-refractivity contribution in [1.82, 2.24) is 4.90 Å². The monoisotopic (exact) mass is 277 g/mol. The van der Waals surface area contributed by atoms with Crippen LogP contribution < -0.4 is 0 Å². The average molecular weight is 277 g/mol. The average Bonchev–Trinajstić information content (AvgIpc) is 2.38. The highest BCUT2D eigenvalue weighted by Gasteiger charge is 2.36. The Balaban J connectivity index is 2.15. The molecule has 1 saturated heterocycles. The van der Waals surface area contributed by atoms with Crippen molar-refractivity contribution in [3.8, 4) is 0 Å². The molecule has 3 unspecified atom stereocenters. The largest absolute Gasteiger partial charge is 0.387 e. The molecule has 2 rings (SSSR count). The van der Waals surface area contributed by atoms with Crippen molar-refractivity contribution < 1.29 is 9.84 Å². The molecule has 0 aromatic heterocycles. The van der Waals surface area contributed by atoms with Gasteiger partial charge in [0.15, 0.2) is 0 Å². The van der Waals surface area contributed by atoms with Gasteiger partial charge in [-0.15, -0.1) is 0 Å². The van der Waals surface area contributed by atoms with Crippen LogP contribution in [-0.2, 0) is 4.74 Å². The smallest absolute Gasteiger partial charge is 0.0945 e. The molecule has 1 heterocycles. The topological polar surface area (TPSA) is 32.7 Å². The molecule has 1 aromatic rings. The van der Waals surface area contributed by atoms with E-state index in [1.807, 2.05) is 30.3 Å². The molecule has 3 heteroatoms. The van der Waals surface area contributed by atoms with Crippen LogP contribution in [0.1, 0.15) is 45.8 Å². The van der Waals surface area contributed by atoms with Gasteiger partial charge >= 0.3 is 0 Å². The van der Waals surface area contributed by atoms with Gasteiger partial charge in [-0.2, -0.15) is 0 Å². The molecular formula is C17H27NO2. The van der Waals surface area contributed by atoms with Crippen molar-refractivity contribution in [1.29, 1.82) is 0 Å². The highest BCUT2D eigenvalue weighted by molar-refractivity contribution is 5.19. The van der Waals surface area contributed by atoms with Crippen LogP contribution in [0.15, 0.2) is 30.3 Å². The summed E-state index contributed by atoms with van der Waals surface area (Å²) < 4.78 is 5.96. The van der Waals surface area contributed by atoms with E-state index in [-0.39, 0.29) is 17.7 Å². The Bertz CT molecular complexity index is 418. The molecule has 1 aromatic carbocycles. The molecular weight excluding hydrogens is 250 g/mol. The van der Waals surface area contributed by atoms with E-state index in [4.69, 9.17) is 4.74 Å². The van der Waals surface area contributed by atoms with E-state index in [0.29, 0.717) is 0 Å². The molecule has 3 atom stereocenters. The molecule has 1 fully saturated rings. The Hall–Kier alpha value is -0.900. The van der Waals surface area contributed by atoms with Gasteiger partial charge < -0.3 is 9.84 Å². The zero-order valence-corrected chi connectivity index (χ0v) is 13.0. The van der Waals surface area contributed by atoms with E-state index in [2.05, 4.69) is 32.6 Å². The molecule has 1 N–H and O–H groups in total. The van der Waals surface area contributed by atoms with Crippen LogP contribution in [-0.4, -0.2) is 40.8 Å². The van der Waals surface area contributed by atoms with Gasteiger partial charge in [-0.25, -0.2) is 0 Å². The molecule has 0 amide bonds. The third kappa shape index (κ3) is 3.60. The molecule has 0 saturated carbocycles. The van der Waals surface area contributed by atoms with Crippen molar-refractivity contribution in [2.75, 3.05) is 13.1 Å². The molecule has 1 aliphatic heterocycles. The highest BCUT2D eigenvalue weighted by Crippen LogP contribution is 2.29. The fraction of sp³-hybridized carbons (Fsp3) is 0.647. The van der Waals surface area contributed by atoms with E-state index in [1.165, 1.54) is 0 Å². The van der Waals surface area contributed by atoms with E-state index in [9.17, 15) is 5.11 Å². The molecule has 0 bridgehead atoms. The van der Waals surface area contributed by atoms with Gasteiger partial charge in [-0.3, -0.25) is 4.90 Å². The lowest BCUT2D eigenvalue weighted by molar-refractivity contribution is -0.147. The van der Waals surface area contributed by atoms with Gasteiger partial charge in [0.05, 0.1) is 17.8 Å². The fourth-order valence-corrected chi connectivity index (χ4v) is 3.31. The summed E-state index contributed by atoms with van der Waals surface area (Å²) in [4.78, 5) is 2.38. The first-order valence-electron chi connectivity index (χ1n) is 7.58. The van der Waals surface area contributed by atoms with Gasteiger partial charge in [-0.05, 0) is 32.8 Å². The number of morpholine rings is 1. The van der Waals surface area contributed by atoms with Gasteiger partial charge in [0.2, 0.25) is 0 Å². The van der Waals surface area contributed by atoms with E-state index in [0.717, 1.165) is 25.1 Å². The lowest BCUT2D eigenvalue weighted by Crippen LogP contribution is -2.56. The first-order chi connectivity index (χ1) is 9.43. The summed E-state index contributed by atoms with van der Waals surface area (Å²) in [7, 11) is 0. The summed E-state index contributed by atoms with van der Waals surface area (Å²) >= 11 is 0. The predicted molar refractivity (Wildman–Crippen MR) is 81.7 cm³/mol. The maximum absolute atomic E-state index is 10.7. The van der Waals surface area contributed by atoms with Gasteiger partial charge in [0.1, 0.15) is 0 Å². The second-order valence-electron chi connectivity index (χ2n) is 6.45. The van der Waals surface area contributed by atoms with Crippen LogP contribution in [0.3, 0.4) is 0 Å². The fourth-order valence-electron chi connectivity index (χ4n) is 3.31. The Morgan fingerprint density at radius 1 is 1.35 bits per heavy atom. The third-order valence-corrected chi connectivity index (χ3v) is 3.99. The Labute approximate surface area is 122 Å². The second kappa shape index (κ2) is 6.25. The second-order valence-corrected chi connectivity index (χ2v) is 6.45. The number of aliphatic hydroxyl groups is 1. The highest BCUT2D eigenvalue weighted by atomic mass is 16.5. The van der Waals surface area contributed by atoms with Crippen LogP contribution >= 0.6 is 0 Å². The molecule has 0 aliphatic carbocycles. The molecule has 0 radical (unpaired) electrons. The number of hydrogen-bond acceptors (Lipinski definition) is 3. The van der Waals surface area contributed by atoms with Gasteiger partial charge in [-0.1, -0.05) is 37.3 Å². The minimum Gasteiger partial charge on any atom is -0.387 e. The Kier molecular flexibility index (Phi) is 4.84.